The van der Waals surface area contributed by atoms with E-state index in [1.54, 1.807) is 19.1 Å². The second kappa shape index (κ2) is 12.9. The van der Waals surface area contributed by atoms with Crippen LogP contribution in [0.1, 0.15) is 39.9 Å². The molecular formula is C31H28N2O5. The normalized spacial score (nSPS) is 10.5. The first-order chi connectivity index (χ1) is 18.5. The van der Waals surface area contributed by atoms with E-state index in [9.17, 15) is 14.4 Å². The van der Waals surface area contributed by atoms with Crippen LogP contribution in [0.15, 0.2) is 109 Å². The maximum Gasteiger partial charge on any atom is 0.513 e. The van der Waals surface area contributed by atoms with Gasteiger partial charge in [-0.05, 0) is 53.9 Å². The summed E-state index contributed by atoms with van der Waals surface area (Å²) in [4.78, 5) is 37.7. The number of hydrogen-bond acceptors (Lipinski definition) is 5. The van der Waals surface area contributed by atoms with E-state index in [1.165, 1.54) is 12.1 Å². The van der Waals surface area contributed by atoms with Gasteiger partial charge in [0.2, 0.25) is 5.91 Å². The molecule has 4 aromatic rings. The predicted octanol–water partition coefficient (Wildman–Crippen LogP) is 5.92. The summed E-state index contributed by atoms with van der Waals surface area (Å²) in [5.74, 6) is -0.687. The Morgan fingerprint density at radius 1 is 0.737 bits per heavy atom. The lowest BCUT2D eigenvalue weighted by Gasteiger charge is -2.19. The molecule has 7 nitrogen and oxygen atoms in total. The summed E-state index contributed by atoms with van der Waals surface area (Å²) in [6, 6.07) is 32.8. The van der Waals surface area contributed by atoms with E-state index in [0.29, 0.717) is 11.3 Å². The van der Waals surface area contributed by atoms with Crippen molar-refractivity contribution in [3.8, 4) is 5.75 Å². The number of carbonyl (C=O) groups excluding carboxylic acids is 3. The number of amides is 2. The number of rotatable bonds is 9. The summed E-state index contributed by atoms with van der Waals surface area (Å²) < 4.78 is 9.77. The molecule has 0 fully saturated rings. The van der Waals surface area contributed by atoms with Crippen LogP contribution in [0.3, 0.4) is 0 Å². The summed E-state index contributed by atoms with van der Waals surface area (Å²) in [5.41, 5.74) is 3.55. The summed E-state index contributed by atoms with van der Waals surface area (Å²) in [7, 11) is 0. The fourth-order valence-corrected chi connectivity index (χ4v) is 3.98. The third-order valence-corrected chi connectivity index (χ3v) is 5.82. The number of anilines is 1. The smallest absolute Gasteiger partial charge is 0.434 e. The van der Waals surface area contributed by atoms with Gasteiger partial charge in [-0.1, -0.05) is 78.9 Å². The molecule has 0 unspecified atom stereocenters. The highest BCUT2D eigenvalue weighted by Crippen LogP contribution is 2.27. The maximum atomic E-state index is 13.5. The monoisotopic (exact) mass is 508 g/mol. The zero-order chi connectivity index (χ0) is 26.7. The highest BCUT2D eigenvalue weighted by molar-refractivity contribution is 5.99. The van der Waals surface area contributed by atoms with Crippen molar-refractivity contribution in [1.29, 1.82) is 0 Å². The van der Waals surface area contributed by atoms with Crippen LogP contribution >= 0.6 is 0 Å². The van der Waals surface area contributed by atoms with Crippen LogP contribution < -0.4 is 15.4 Å². The molecule has 0 spiro atoms. The first-order valence-electron chi connectivity index (χ1n) is 12.3. The number of ether oxygens (including phenoxy) is 2. The molecule has 2 N–H and O–H groups in total. The molecule has 0 saturated carbocycles. The van der Waals surface area contributed by atoms with Gasteiger partial charge in [-0.25, -0.2) is 4.79 Å². The molecule has 38 heavy (non-hydrogen) atoms. The Morgan fingerprint density at radius 2 is 1.32 bits per heavy atom. The maximum absolute atomic E-state index is 13.5. The fraction of sp³-hybridized carbons (Fsp3) is 0.129. The lowest BCUT2D eigenvalue weighted by atomic mass is 9.90. The second-order valence-electron chi connectivity index (χ2n) is 8.39. The fourth-order valence-electron chi connectivity index (χ4n) is 3.98. The molecule has 0 aliphatic rings. The van der Waals surface area contributed by atoms with Crippen molar-refractivity contribution in [2.75, 3.05) is 11.9 Å². The molecule has 0 aliphatic carbocycles. The first-order valence-corrected chi connectivity index (χ1v) is 12.3. The van der Waals surface area contributed by atoms with Gasteiger partial charge in [0.15, 0.2) is 0 Å². The Labute approximate surface area is 221 Å². The number of carbonyl (C=O) groups is 3. The highest BCUT2D eigenvalue weighted by Gasteiger charge is 2.23. The van der Waals surface area contributed by atoms with Crippen LogP contribution in [0.4, 0.5) is 10.5 Å². The average Bonchev–Trinajstić information content (AvgIpc) is 2.94. The Morgan fingerprint density at radius 3 is 1.92 bits per heavy atom. The molecule has 0 aromatic heterocycles. The lowest BCUT2D eigenvalue weighted by Crippen LogP contribution is -2.25. The minimum Gasteiger partial charge on any atom is -0.434 e. The van der Waals surface area contributed by atoms with Gasteiger partial charge in [0, 0.05) is 17.8 Å². The number of para-hydroxylation sites is 1. The molecule has 4 aromatic carbocycles. The molecule has 0 saturated heterocycles. The minimum absolute atomic E-state index is 0.168. The van der Waals surface area contributed by atoms with Gasteiger partial charge in [-0.2, -0.15) is 0 Å². The quantitative estimate of drug-likeness (QED) is 0.216. The number of nitrogens with one attached hydrogen (secondary N) is 2. The zero-order valence-electron chi connectivity index (χ0n) is 20.9. The van der Waals surface area contributed by atoms with Gasteiger partial charge in [0.25, 0.3) is 5.91 Å². The number of hydrogen-bond donors (Lipinski definition) is 2. The van der Waals surface area contributed by atoms with Gasteiger partial charge >= 0.3 is 6.16 Å². The van der Waals surface area contributed by atoms with Crippen molar-refractivity contribution in [2.45, 2.75) is 19.4 Å². The van der Waals surface area contributed by atoms with E-state index in [0.717, 1.165) is 16.7 Å². The molecule has 0 atom stereocenters. The van der Waals surface area contributed by atoms with Crippen LogP contribution in [0.25, 0.3) is 0 Å². The van der Waals surface area contributed by atoms with E-state index >= 15 is 0 Å². The van der Waals surface area contributed by atoms with Gasteiger partial charge in [-0.3, -0.25) is 9.59 Å². The number of benzene rings is 4. The molecule has 0 radical (unpaired) electrons. The van der Waals surface area contributed by atoms with Gasteiger partial charge in [-0.15, -0.1) is 0 Å². The highest BCUT2D eigenvalue weighted by atomic mass is 16.7. The molecule has 7 heteroatoms. The summed E-state index contributed by atoms with van der Waals surface area (Å²) >= 11 is 0. The van der Waals surface area contributed by atoms with Crippen molar-refractivity contribution in [3.63, 3.8) is 0 Å². The van der Waals surface area contributed by atoms with Crippen LogP contribution in [0.5, 0.6) is 5.75 Å². The van der Waals surface area contributed by atoms with Crippen LogP contribution in [-0.4, -0.2) is 24.6 Å². The minimum atomic E-state index is -0.801. The van der Waals surface area contributed by atoms with Crippen molar-refractivity contribution in [2.24, 2.45) is 0 Å². The van der Waals surface area contributed by atoms with Crippen molar-refractivity contribution in [1.82, 2.24) is 5.32 Å². The largest absolute Gasteiger partial charge is 0.513 e. The van der Waals surface area contributed by atoms with Crippen molar-refractivity contribution >= 4 is 23.7 Å². The van der Waals surface area contributed by atoms with Crippen molar-refractivity contribution in [3.05, 3.63) is 131 Å². The van der Waals surface area contributed by atoms with E-state index in [4.69, 9.17) is 9.47 Å². The molecule has 0 bridgehead atoms. The third-order valence-electron chi connectivity index (χ3n) is 5.82. The molecule has 4 rings (SSSR count). The van der Waals surface area contributed by atoms with Crippen molar-refractivity contribution < 1.29 is 23.9 Å². The molecular weight excluding hydrogens is 480 g/mol. The molecule has 2 amide bonds. The summed E-state index contributed by atoms with van der Waals surface area (Å²) in [5, 5.41) is 5.94. The van der Waals surface area contributed by atoms with Crippen LogP contribution in [-0.2, 0) is 16.1 Å². The lowest BCUT2D eigenvalue weighted by molar-refractivity contribution is -0.116. The topological polar surface area (TPSA) is 93.7 Å². The molecule has 0 aliphatic heterocycles. The Kier molecular flexibility index (Phi) is 8.86. The SMILES string of the molecule is CCOC(=O)Oc1ccc(C(=O)NCc2ccccc2NC(=O)C(c2ccccc2)c2ccccc2)cc1. The summed E-state index contributed by atoms with van der Waals surface area (Å²) in [6.45, 7) is 2.10. The summed E-state index contributed by atoms with van der Waals surface area (Å²) in [6.07, 6.45) is -0.801. The molecule has 0 heterocycles. The van der Waals surface area contributed by atoms with Crippen LogP contribution in [0, 0.1) is 0 Å². The zero-order valence-corrected chi connectivity index (χ0v) is 20.9. The van der Waals surface area contributed by atoms with E-state index in [-0.39, 0.29) is 30.7 Å². The van der Waals surface area contributed by atoms with Crippen LogP contribution in [0.2, 0.25) is 0 Å². The Balaban J connectivity index is 1.44. The van der Waals surface area contributed by atoms with Gasteiger partial charge in [0.1, 0.15) is 5.75 Å². The second-order valence-corrected chi connectivity index (χ2v) is 8.39. The first kappa shape index (κ1) is 26.2. The Bertz CT molecular complexity index is 1330. The molecule has 192 valence electrons. The van der Waals surface area contributed by atoms with Gasteiger partial charge in [0.05, 0.1) is 12.5 Å². The van der Waals surface area contributed by atoms with E-state index in [2.05, 4.69) is 10.6 Å². The van der Waals surface area contributed by atoms with E-state index < -0.39 is 12.1 Å². The average molecular weight is 509 g/mol. The predicted molar refractivity (Wildman–Crippen MR) is 145 cm³/mol. The third kappa shape index (κ3) is 6.85. The van der Waals surface area contributed by atoms with E-state index in [1.807, 2.05) is 84.9 Å². The standard InChI is InChI=1S/C31H28N2O5/c1-2-37-31(36)38-26-19-17-24(18-20-26)29(34)32-21-25-15-9-10-16-27(25)33-30(35)28(22-11-5-3-6-12-22)23-13-7-4-8-14-23/h3-20,28H,2,21H2,1H3,(H,32,34)(H,33,35). The van der Waals surface area contributed by atoms with Gasteiger partial charge < -0.3 is 20.1 Å². The Hall–Kier alpha value is -4.91.